The van der Waals surface area contributed by atoms with Crippen LogP contribution in [0, 0.1) is 0 Å². The summed E-state index contributed by atoms with van der Waals surface area (Å²) in [6, 6.07) is 0. The van der Waals surface area contributed by atoms with Crippen LogP contribution >= 0.6 is 0 Å². The van der Waals surface area contributed by atoms with Crippen LogP contribution in [0.2, 0.25) is 6.55 Å². The molecule has 5 fully saturated rings. The van der Waals surface area contributed by atoms with Crippen molar-refractivity contribution < 1.29 is 105 Å². The summed E-state index contributed by atoms with van der Waals surface area (Å²) in [7, 11) is -57.4. The minimum Gasteiger partial charge on any atom is -0.369 e. The van der Waals surface area contributed by atoms with E-state index in [1.807, 2.05) is 0 Å². The summed E-state index contributed by atoms with van der Waals surface area (Å²) in [5.41, 5.74) is 0. The fraction of sp³-hybridized carbons (Fsp3) is 1.00. The molecular weight excluding hydrogens is 677 g/mol. The van der Waals surface area contributed by atoms with E-state index >= 15 is 0 Å². The van der Waals surface area contributed by atoms with Crippen molar-refractivity contribution in [3.63, 3.8) is 0 Å². The van der Waals surface area contributed by atoms with Crippen LogP contribution in [0.5, 0.6) is 0 Å². The van der Waals surface area contributed by atoms with Crippen molar-refractivity contribution in [2.75, 3.05) is 0 Å². The molecule has 5 heterocycles. The number of hydrogen-bond acceptors (Lipinski definition) is 24. The van der Waals surface area contributed by atoms with Crippen molar-refractivity contribution in [1.29, 1.82) is 0 Å². The van der Waals surface area contributed by atoms with Gasteiger partial charge in [-0.3, -0.25) is 0 Å². The second kappa shape index (κ2) is 7.09. The Morgan fingerprint density at radius 2 is 0.371 bits per heavy atom. The zero-order chi connectivity index (χ0) is 25.6. The van der Waals surface area contributed by atoms with Gasteiger partial charge < -0.3 is 105 Å². The lowest BCUT2D eigenvalue weighted by Crippen LogP contribution is -2.89. The van der Waals surface area contributed by atoms with E-state index in [-0.39, 0.29) is 0 Å². The highest BCUT2D eigenvalue weighted by molar-refractivity contribution is 6.97. The van der Waals surface area contributed by atoms with Crippen molar-refractivity contribution in [1.82, 2.24) is 0 Å². The number of hydrogen-bond donors (Lipinski definition) is 9. The Labute approximate surface area is 201 Å². The number of rotatable bonds is 0. The van der Waals surface area contributed by atoms with E-state index in [0.717, 1.165) is 6.55 Å². The molecule has 0 aromatic rings. The largest absolute Gasteiger partial charge is 0.659 e. The second-order valence-electron chi connectivity index (χ2n) is 7.11. The molecule has 10 bridgehead atoms. The highest BCUT2D eigenvalue weighted by atomic mass is 28.7. The van der Waals surface area contributed by atoms with Crippen LogP contribution in [0.1, 0.15) is 0 Å². The van der Waals surface area contributed by atoms with Gasteiger partial charge in [0.25, 0.3) is 0 Å². The normalized spacial score (nSPS) is 66.0. The molecule has 0 radical (unpaired) electrons. The van der Waals surface area contributed by atoms with Gasteiger partial charge >= 0.3 is 90.2 Å². The Hall–Kier alpha value is 1.21. The first kappa shape index (κ1) is 26.4. The quantitative estimate of drug-likeness (QED) is 0.107. The zero-order valence-corrected chi connectivity index (χ0v) is 26.1. The molecule has 0 amide bonds. The van der Waals surface area contributed by atoms with E-state index < -0.39 is 90.2 Å². The summed E-state index contributed by atoms with van der Waals surface area (Å²) < 4.78 is 74.0. The van der Waals surface area contributed by atoms with Gasteiger partial charge in [-0.25, -0.2) is 0 Å². The molecule has 0 aromatic heterocycles. The maximum atomic E-state index is 11.0. The summed E-state index contributed by atoms with van der Waals surface area (Å²) in [4.78, 5) is 98.1. The topological polar surface area (TPSA) is 321 Å². The van der Waals surface area contributed by atoms with E-state index in [2.05, 4.69) is 0 Å². The molecule has 9 N–H and O–H groups in total. The average molecular weight is 689 g/mol. The Morgan fingerprint density at radius 3 is 0.514 bits per heavy atom. The highest BCUT2D eigenvalue weighted by Gasteiger charge is 2.87. The van der Waals surface area contributed by atoms with E-state index in [1.165, 1.54) is 0 Å². The standard InChI is InChI=1S/CH12O24Si10/c1-26-11-27(2)14-30(5)16-28(3,12-26)18-32(7)22-33(8)19-29(4,13-26)17-31(6,15-27)21-35(10,24-33)25-34(9,20-30)23-32/h2-10H,1H3. The Kier molecular flexibility index (Phi) is 5.36. The maximum Gasteiger partial charge on any atom is 0.659 e. The average Bonchev–Trinajstić information content (AvgIpc) is 2.40. The van der Waals surface area contributed by atoms with Crippen LogP contribution in [-0.2, 0) is 61.7 Å². The Bertz CT molecular complexity index is 686. The summed E-state index contributed by atoms with van der Waals surface area (Å²) in [5, 5.41) is 0. The van der Waals surface area contributed by atoms with Crippen LogP contribution in [0.15, 0.2) is 0 Å². The third-order valence-corrected chi connectivity index (χ3v) is 36.3. The van der Waals surface area contributed by atoms with Crippen LogP contribution < -0.4 is 0 Å². The van der Waals surface area contributed by atoms with Crippen molar-refractivity contribution >= 4 is 90.2 Å². The minimum absolute atomic E-state index is 0.820. The van der Waals surface area contributed by atoms with Crippen molar-refractivity contribution in [3.8, 4) is 0 Å². The summed E-state index contributed by atoms with van der Waals surface area (Å²) in [6.07, 6.45) is 0. The molecule has 5 aliphatic heterocycles. The predicted molar refractivity (Wildman–Crippen MR) is 99.6 cm³/mol. The predicted octanol–water partition coefficient (Wildman–Crippen LogP) is -9.26. The summed E-state index contributed by atoms with van der Waals surface area (Å²) in [5.74, 6) is 0. The molecule has 0 aliphatic carbocycles. The molecule has 200 valence electrons. The number of fused-ring (bicyclic) bond motifs is 10. The van der Waals surface area contributed by atoms with Crippen LogP contribution in [-0.4, -0.2) is 133 Å². The zero-order valence-electron chi connectivity index (χ0n) is 16.1. The molecule has 0 saturated carbocycles. The van der Waals surface area contributed by atoms with Gasteiger partial charge in [-0.2, -0.15) is 0 Å². The van der Waals surface area contributed by atoms with E-state index in [1.54, 1.807) is 0 Å². The first-order chi connectivity index (χ1) is 15.6. The third-order valence-electron chi connectivity index (χ3n) is 4.04. The van der Waals surface area contributed by atoms with E-state index in [4.69, 9.17) is 61.7 Å². The van der Waals surface area contributed by atoms with Gasteiger partial charge in [0.05, 0.1) is 0 Å². The van der Waals surface area contributed by atoms with Gasteiger partial charge in [0.2, 0.25) is 0 Å². The molecule has 0 spiro atoms. The lowest BCUT2D eigenvalue weighted by atomic mass is 11.9. The molecule has 35 heavy (non-hydrogen) atoms. The van der Waals surface area contributed by atoms with Gasteiger partial charge in [-0.05, 0) is 0 Å². The van der Waals surface area contributed by atoms with Gasteiger partial charge in [-0.1, -0.05) is 0 Å². The van der Waals surface area contributed by atoms with Crippen molar-refractivity contribution in [3.05, 3.63) is 0 Å². The van der Waals surface area contributed by atoms with E-state index in [9.17, 15) is 43.2 Å². The second-order valence-corrected chi connectivity index (χ2v) is 30.5. The molecule has 34 heteroatoms. The van der Waals surface area contributed by atoms with Crippen LogP contribution in [0.4, 0.5) is 0 Å². The molecule has 0 aromatic carbocycles. The first-order valence-corrected chi connectivity index (χ1v) is 25.9. The molecule has 5 saturated heterocycles. The molecule has 8 unspecified atom stereocenters. The van der Waals surface area contributed by atoms with Crippen molar-refractivity contribution in [2.45, 2.75) is 6.55 Å². The SMILES string of the molecule is C[Si]12O[Si]3(O)O[Si]4(O)O[Si](O)(O1)O[Si]1(O)O[Si]5(O)O[Si](O)(O2)O[Si](O)(O3)O[Si](O)(O5)O[Si](O)(O4)O1. The minimum atomic E-state index is -5.91. The van der Waals surface area contributed by atoms with Crippen molar-refractivity contribution in [2.24, 2.45) is 0 Å². The van der Waals surface area contributed by atoms with Crippen LogP contribution in [0.3, 0.4) is 0 Å². The molecule has 8 atom stereocenters. The fourth-order valence-electron chi connectivity index (χ4n) is 3.28. The molecule has 5 rings (SSSR count). The summed E-state index contributed by atoms with van der Waals surface area (Å²) >= 11 is 0. The third kappa shape index (κ3) is 4.67. The van der Waals surface area contributed by atoms with Gasteiger partial charge in [0.1, 0.15) is 0 Å². The highest BCUT2D eigenvalue weighted by Crippen LogP contribution is 2.44. The lowest BCUT2D eigenvalue weighted by molar-refractivity contribution is -0.127. The van der Waals surface area contributed by atoms with E-state index in [0.29, 0.717) is 0 Å². The molecular formula is CH12O24Si10. The smallest absolute Gasteiger partial charge is 0.369 e. The van der Waals surface area contributed by atoms with Gasteiger partial charge in [-0.15, -0.1) is 0 Å². The Balaban J connectivity index is 1.68. The Morgan fingerprint density at radius 1 is 0.257 bits per heavy atom. The first-order valence-electron chi connectivity index (χ1n) is 8.64. The maximum absolute atomic E-state index is 11.0. The fourth-order valence-corrected chi connectivity index (χ4v) is 40.8. The van der Waals surface area contributed by atoms with Gasteiger partial charge in [0.15, 0.2) is 0 Å². The van der Waals surface area contributed by atoms with Crippen LogP contribution in [0.25, 0.3) is 0 Å². The molecule has 24 nitrogen and oxygen atoms in total. The monoisotopic (exact) mass is 688 g/mol. The molecule has 5 aliphatic rings. The summed E-state index contributed by atoms with van der Waals surface area (Å²) in [6.45, 7) is 0.820. The van der Waals surface area contributed by atoms with Gasteiger partial charge in [0, 0.05) is 6.55 Å². The lowest BCUT2D eigenvalue weighted by Gasteiger charge is -2.53.